The number of benzene rings is 2. The normalized spacial score (nSPS) is 10.3. The van der Waals surface area contributed by atoms with Gasteiger partial charge < -0.3 is 15.4 Å². The van der Waals surface area contributed by atoms with Crippen LogP contribution in [0.1, 0.15) is 11.1 Å². The molecule has 0 unspecified atom stereocenters. The molecule has 0 atom stereocenters. The summed E-state index contributed by atoms with van der Waals surface area (Å²) in [7, 11) is 1.66. The van der Waals surface area contributed by atoms with E-state index in [2.05, 4.69) is 22.7 Å². The number of hydrogen-bond acceptors (Lipinski definition) is 3. The Morgan fingerprint density at radius 3 is 2.64 bits per heavy atom. The smallest absolute Gasteiger partial charge is 0.175 e. The van der Waals surface area contributed by atoms with Crippen molar-refractivity contribution >= 4 is 28.7 Å². The lowest BCUT2D eigenvalue weighted by Gasteiger charge is -2.09. The highest BCUT2D eigenvalue weighted by atomic mass is 32.1. The van der Waals surface area contributed by atoms with Gasteiger partial charge in [-0.2, -0.15) is 5.10 Å². The van der Waals surface area contributed by atoms with E-state index in [1.807, 2.05) is 59.4 Å². The quantitative estimate of drug-likeness (QED) is 0.678. The van der Waals surface area contributed by atoms with E-state index in [0.717, 1.165) is 22.7 Å². The number of ether oxygens (including phenoxy) is 1. The second kappa shape index (κ2) is 7.81. The maximum atomic E-state index is 5.35. The van der Waals surface area contributed by atoms with Gasteiger partial charge in [0.15, 0.2) is 5.11 Å². The lowest BCUT2D eigenvalue weighted by molar-refractivity contribution is 0.414. The summed E-state index contributed by atoms with van der Waals surface area (Å²) >= 11 is 5.35. The van der Waals surface area contributed by atoms with Gasteiger partial charge in [0.25, 0.3) is 0 Å². The van der Waals surface area contributed by atoms with Gasteiger partial charge in [-0.3, -0.25) is 4.68 Å². The zero-order valence-corrected chi connectivity index (χ0v) is 15.0. The van der Waals surface area contributed by atoms with E-state index >= 15 is 0 Å². The first-order valence-electron chi connectivity index (χ1n) is 7.92. The number of nitrogens with zero attached hydrogens (tertiary/aromatic N) is 2. The average molecular weight is 352 g/mol. The van der Waals surface area contributed by atoms with Crippen molar-refractivity contribution in [2.24, 2.45) is 0 Å². The van der Waals surface area contributed by atoms with E-state index in [0.29, 0.717) is 11.7 Å². The Kier molecular flexibility index (Phi) is 5.30. The number of nitrogens with one attached hydrogen (secondary N) is 2. The van der Waals surface area contributed by atoms with E-state index < -0.39 is 0 Å². The number of hydrogen-bond donors (Lipinski definition) is 2. The number of rotatable bonds is 5. The molecule has 1 heterocycles. The molecule has 0 spiro atoms. The summed E-state index contributed by atoms with van der Waals surface area (Å²) in [6.45, 7) is 2.72. The van der Waals surface area contributed by atoms with Crippen molar-refractivity contribution in [1.29, 1.82) is 0 Å². The monoisotopic (exact) mass is 352 g/mol. The van der Waals surface area contributed by atoms with Crippen LogP contribution in [0.15, 0.2) is 60.9 Å². The number of aromatic nitrogens is 2. The average Bonchev–Trinajstić information content (AvgIpc) is 3.04. The fourth-order valence-corrected chi connectivity index (χ4v) is 2.64. The van der Waals surface area contributed by atoms with Crippen LogP contribution in [-0.2, 0) is 6.54 Å². The van der Waals surface area contributed by atoms with E-state index in [9.17, 15) is 0 Å². The van der Waals surface area contributed by atoms with Crippen LogP contribution in [0, 0.1) is 6.92 Å². The Bertz CT molecular complexity index is 858. The molecule has 5 nitrogen and oxygen atoms in total. The molecule has 2 N–H and O–H groups in total. The van der Waals surface area contributed by atoms with Gasteiger partial charge in [0.2, 0.25) is 0 Å². The molecule has 6 heteroatoms. The number of thiocarbonyl (C=S) groups is 1. The van der Waals surface area contributed by atoms with E-state index in [-0.39, 0.29) is 0 Å². The zero-order chi connectivity index (χ0) is 17.6. The van der Waals surface area contributed by atoms with Crippen molar-refractivity contribution in [2.45, 2.75) is 13.5 Å². The first-order valence-corrected chi connectivity index (χ1v) is 8.33. The van der Waals surface area contributed by atoms with Gasteiger partial charge in [-0.15, -0.1) is 0 Å². The Hall–Kier alpha value is -2.86. The van der Waals surface area contributed by atoms with Gasteiger partial charge in [0.1, 0.15) is 5.75 Å². The summed E-state index contributed by atoms with van der Waals surface area (Å²) in [5.41, 5.74) is 4.12. The van der Waals surface area contributed by atoms with Crippen LogP contribution in [0.5, 0.6) is 5.75 Å². The Balaban J connectivity index is 1.59. The van der Waals surface area contributed by atoms with Crippen LogP contribution in [0.4, 0.5) is 11.4 Å². The topological polar surface area (TPSA) is 51.1 Å². The lowest BCUT2D eigenvalue weighted by Crippen LogP contribution is -2.18. The van der Waals surface area contributed by atoms with Crippen LogP contribution in [0.25, 0.3) is 0 Å². The highest BCUT2D eigenvalue weighted by Crippen LogP contribution is 2.15. The van der Waals surface area contributed by atoms with E-state index in [1.165, 1.54) is 5.56 Å². The van der Waals surface area contributed by atoms with Crippen LogP contribution in [0.2, 0.25) is 0 Å². The fourth-order valence-electron chi connectivity index (χ4n) is 2.40. The molecule has 128 valence electrons. The van der Waals surface area contributed by atoms with Gasteiger partial charge in [-0.1, -0.05) is 29.8 Å². The molecule has 0 amide bonds. The predicted molar refractivity (Wildman–Crippen MR) is 105 cm³/mol. The first-order chi connectivity index (χ1) is 12.1. The molecular formula is C19H20N4OS. The maximum Gasteiger partial charge on any atom is 0.175 e. The molecule has 0 bridgehead atoms. The number of aryl methyl sites for hydroxylation is 1. The highest BCUT2D eigenvalue weighted by molar-refractivity contribution is 7.80. The lowest BCUT2D eigenvalue weighted by atomic mass is 10.2. The van der Waals surface area contributed by atoms with Crippen molar-refractivity contribution < 1.29 is 4.74 Å². The molecule has 0 radical (unpaired) electrons. The van der Waals surface area contributed by atoms with Crippen LogP contribution in [0.3, 0.4) is 0 Å². The molecule has 0 aliphatic carbocycles. The molecule has 3 rings (SSSR count). The van der Waals surface area contributed by atoms with Gasteiger partial charge in [0, 0.05) is 11.9 Å². The van der Waals surface area contributed by atoms with Gasteiger partial charge in [-0.25, -0.2) is 0 Å². The van der Waals surface area contributed by atoms with Gasteiger partial charge in [0.05, 0.1) is 25.5 Å². The third kappa shape index (κ3) is 4.81. The summed E-state index contributed by atoms with van der Waals surface area (Å²) in [6.07, 6.45) is 3.67. The largest absolute Gasteiger partial charge is 0.497 e. The summed E-state index contributed by atoms with van der Waals surface area (Å²) in [5, 5.41) is 11.2. The molecule has 0 aliphatic rings. The molecule has 1 aromatic heterocycles. The fraction of sp³-hybridized carbons (Fsp3) is 0.158. The van der Waals surface area contributed by atoms with Crippen molar-refractivity contribution in [2.75, 3.05) is 17.7 Å². The third-order valence-corrected chi connectivity index (χ3v) is 3.88. The highest BCUT2D eigenvalue weighted by Gasteiger charge is 2.03. The first kappa shape index (κ1) is 17.0. The minimum Gasteiger partial charge on any atom is -0.497 e. The second-order valence-electron chi connectivity index (χ2n) is 5.72. The third-order valence-electron chi connectivity index (χ3n) is 3.68. The number of methoxy groups -OCH3 is 1. The van der Waals surface area contributed by atoms with Crippen molar-refractivity contribution in [3.8, 4) is 5.75 Å². The van der Waals surface area contributed by atoms with E-state index in [1.54, 1.807) is 13.3 Å². The van der Waals surface area contributed by atoms with Crippen LogP contribution < -0.4 is 15.4 Å². The summed E-state index contributed by atoms with van der Waals surface area (Å²) in [5.74, 6) is 0.839. The summed E-state index contributed by atoms with van der Waals surface area (Å²) in [4.78, 5) is 0. The zero-order valence-electron chi connectivity index (χ0n) is 14.2. The predicted octanol–water partition coefficient (Wildman–Crippen LogP) is 4.06. The molecule has 0 fully saturated rings. The standard InChI is InChI=1S/C19H20N4OS/c1-14-6-8-16(9-7-14)21-19(25)22-17-11-20-23(13-17)12-15-4-3-5-18(10-15)24-2/h3-11,13H,12H2,1-2H3,(H2,21,22,25). The number of anilines is 2. The van der Waals surface area contributed by atoms with Crippen LogP contribution in [-0.4, -0.2) is 22.0 Å². The van der Waals surface area contributed by atoms with E-state index in [4.69, 9.17) is 17.0 Å². The maximum absolute atomic E-state index is 5.35. The molecule has 0 saturated heterocycles. The minimum atomic E-state index is 0.532. The van der Waals surface area contributed by atoms with Crippen molar-refractivity contribution in [3.05, 3.63) is 72.1 Å². The molecule has 25 heavy (non-hydrogen) atoms. The minimum absolute atomic E-state index is 0.532. The van der Waals surface area contributed by atoms with Gasteiger partial charge in [-0.05, 0) is 49.0 Å². The SMILES string of the molecule is COc1cccc(Cn2cc(NC(=S)Nc3ccc(C)cc3)cn2)c1. The summed E-state index contributed by atoms with van der Waals surface area (Å²) in [6, 6.07) is 16.0. The molecule has 0 aliphatic heterocycles. The van der Waals surface area contributed by atoms with Crippen molar-refractivity contribution in [3.63, 3.8) is 0 Å². The summed E-state index contributed by atoms with van der Waals surface area (Å²) < 4.78 is 7.10. The second-order valence-corrected chi connectivity index (χ2v) is 6.13. The Morgan fingerprint density at radius 1 is 1.12 bits per heavy atom. The Morgan fingerprint density at radius 2 is 1.88 bits per heavy atom. The molecule has 2 aromatic carbocycles. The van der Waals surface area contributed by atoms with Crippen molar-refractivity contribution in [1.82, 2.24) is 9.78 Å². The van der Waals surface area contributed by atoms with Crippen LogP contribution >= 0.6 is 12.2 Å². The Labute approximate surface area is 152 Å². The molecular weight excluding hydrogens is 332 g/mol. The van der Waals surface area contributed by atoms with Gasteiger partial charge >= 0.3 is 0 Å². The molecule has 3 aromatic rings. The molecule has 0 saturated carbocycles.